The molecule has 2 fully saturated rings. The molecule has 0 spiro atoms. The van der Waals surface area contributed by atoms with E-state index in [1.165, 1.54) is 45.1 Å². The zero-order valence-corrected chi connectivity index (χ0v) is 11.7. The molecule has 1 unspecified atom stereocenters. The molecule has 106 valence electrons. The van der Waals surface area contributed by atoms with Gasteiger partial charge in [0.15, 0.2) is 0 Å². The Balaban J connectivity index is 1.60. The Morgan fingerprint density at radius 1 is 1.21 bits per heavy atom. The summed E-state index contributed by atoms with van der Waals surface area (Å²) in [6, 6.07) is 0.794. The summed E-state index contributed by atoms with van der Waals surface area (Å²) in [5, 5.41) is 8.41. The summed E-state index contributed by atoms with van der Waals surface area (Å²) in [5.41, 5.74) is 6.63. The van der Waals surface area contributed by atoms with Gasteiger partial charge < -0.3 is 5.73 Å². The van der Waals surface area contributed by atoms with E-state index in [9.17, 15) is 0 Å². The number of hydrogen-bond donors (Lipinski definition) is 1. The molecule has 1 saturated heterocycles. The van der Waals surface area contributed by atoms with Crippen LogP contribution in [0, 0.1) is 5.92 Å². The normalized spacial score (nSPS) is 25.4. The largest absolute Gasteiger partial charge is 0.329 e. The van der Waals surface area contributed by atoms with Gasteiger partial charge in [-0.1, -0.05) is 18.1 Å². The van der Waals surface area contributed by atoms with E-state index in [2.05, 4.69) is 21.4 Å². The van der Waals surface area contributed by atoms with Crippen LogP contribution in [0.1, 0.15) is 44.2 Å². The van der Waals surface area contributed by atoms with Crippen molar-refractivity contribution >= 4 is 0 Å². The minimum Gasteiger partial charge on any atom is -0.329 e. The quantitative estimate of drug-likeness (QED) is 0.872. The molecule has 19 heavy (non-hydrogen) atoms. The Bertz CT molecular complexity index is 396. The number of hydrogen-bond acceptors (Lipinski definition) is 4. The molecule has 1 saturated carbocycles. The fourth-order valence-electron chi connectivity index (χ4n) is 3.78. The summed E-state index contributed by atoms with van der Waals surface area (Å²) < 4.78 is 1.86. The molecule has 0 radical (unpaired) electrons. The lowest BCUT2D eigenvalue weighted by atomic mass is 9.96. The van der Waals surface area contributed by atoms with Crippen molar-refractivity contribution in [2.24, 2.45) is 11.7 Å². The van der Waals surface area contributed by atoms with Crippen LogP contribution in [0.2, 0.25) is 0 Å². The Labute approximate surface area is 115 Å². The van der Waals surface area contributed by atoms with E-state index < -0.39 is 0 Å². The Morgan fingerprint density at radius 3 is 2.84 bits per heavy atom. The van der Waals surface area contributed by atoms with Crippen LogP contribution in [0.5, 0.6) is 0 Å². The highest BCUT2D eigenvalue weighted by atomic mass is 15.4. The molecule has 5 heteroatoms. The fourth-order valence-corrected chi connectivity index (χ4v) is 3.78. The lowest BCUT2D eigenvalue weighted by molar-refractivity contribution is 0.181. The van der Waals surface area contributed by atoms with E-state index in [0.29, 0.717) is 6.54 Å². The van der Waals surface area contributed by atoms with Crippen LogP contribution in [0.4, 0.5) is 0 Å². The predicted octanol–water partition coefficient (Wildman–Crippen LogP) is 1.39. The minimum absolute atomic E-state index is 0.622. The van der Waals surface area contributed by atoms with Crippen LogP contribution in [-0.4, -0.2) is 39.0 Å². The molecule has 1 aliphatic heterocycles. The Hall–Kier alpha value is -0.940. The van der Waals surface area contributed by atoms with Crippen LogP contribution in [0.3, 0.4) is 0 Å². The molecule has 1 aromatic heterocycles. The first-order chi connectivity index (χ1) is 9.36. The maximum absolute atomic E-state index is 5.54. The zero-order chi connectivity index (χ0) is 13.1. The van der Waals surface area contributed by atoms with Crippen molar-refractivity contribution in [2.45, 2.75) is 57.7 Å². The number of aromatic nitrogens is 3. The SMILES string of the molecule is NCCn1cc(CN2CCCC2C2CCCC2)nn1. The number of rotatable bonds is 5. The third-order valence-corrected chi connectivity index (χ3v) is 4.67. The van der Waals surface area contributed by atoms with Crippen molar-refractivity contribution in [2.75, 3.05) is 13.1 Å². The summed E-state index contributed by atoms with van der Waals surface area (Å²) in [7, 11) is 0. The number of likely N-dealkylation sites (tertiary alicyclic amines) is 1. The molecule has 0 amide bonds. The lowest BCUT2D eigenvalue weighted by Gasteiger charge is -2.28. The first-order valence-corrected chi connectivity index (χ1v) is 7.70. The van der Waals surface area contributed by atoms with Gasteiger partial charge in [0.1, 0.15) is 0 Å². The van der Waals surface area contributed by atoms with Gasteiger partial charge in [-0.3, -0.25) is 9.58 Å². The summed E-state index contributed by atoms with van der Waals surface area (Å²) in [6.45, 7) is 3.58. The van der Waals surface area contributed by atoms with Gasteiger partial charge in [0.2, 0.25) is 0 Å². The van der Waals surface area contributed by atoms with E-state index in [4.69, 9.17) is 5.73 Å². The van der Waals surface area contributed by atoms with Crippen molar-refractivity contribution in [1.29, 1.82) is 0 Å². The summed E-state index contributed by atoms with van der Waals surface area (Å²) in [4.78, 5) is 2.63. The van der Waals surface area contributed by atoms with E-state index in [-0.39, 0.29) is 0 Å². The highest BCUT2D eigenvalue weighted by Gasteiger charge is 2.33. The standard InChI is InChI=1S/C14H25N5/c15-7-9-19-11-13(16-17-19)10-18-8-3-6-14(18)12-4-1-2-5-12/h11-12,14H,1-10,15H2. The molecule has 1 atom stereocenters. The molecule has 1 aliphatic carbocycles. The van der Waals surface area contributed by atoms with Crippen molar-refractivity contribution in [3.8, 4) is 0 Å². The third kappa shape index (κ3) is 2.98. The number of nitrogens with two attached hydrogens (primary N) is 1. The molecule has 0 bridgehead atoms. The van der Waals surface area contributed by atoms with E-state index in [1.54, 1.807) is 0 Å². The van der Waals surface area contributed by atoms with Gasteiger partial charge in [-0.25, -0.2) is 0 Å². The fraction of sp³-hybridized carbons (Fsp3) is 0.857. The monoisotopic (exact) mass is 263 g/mol. The van der Waals surface area contributed by atoms with Crippen LogP contribution < -0.4 is 5.73 Å². The lowest BCUT2D eigenvalue weighted by Crippen LogP contribution is -2.34. The Morgan fingerprint density at radius 2 is 2.05 bits per heavy atom. The van der Waals surface area contributed by atoms with Crippen LogP contribution in [-0.2, 0) is 13.1 Å². The van der Waals surface area contributed by atoms with Crippen molar-refractivity contribution in [3.63, 3.8) is 0 Å². The zero-order valence-electron chi connectivity index (χ0n) is 11.7. The Kier molecular flexibility index (Phi) is 4.13. The second kappa shape index (κ2) is 6.01. The van der Waals surface area contributed by atoms with Crippen molar-refractivity contribution in [3.05, 3.63) is 11.9 Å². The molecule has 2 heterocycles. The minimum atomic E-state index is 0.622. The van der Waals surface area contributed by atoms with E-state index in [1.807, 2.05) is 4.68 Å². The van der Waals surface area contributed by atoms with E-state index >= 15 is 0 Å². The first-order valence-electron chi connectivity index (χ1n) is 7.70. The maximum atomic E-state index is 5.54. The molecular weight excluding hydrogens is 238 g/mol. The van der Waals surface area contributed by atoms with Crippen LogP contribution >= 0.6 is 0 Å². The molecule has 5 nitrogen and oxygen atoms in total. The highest BCUT2D eigenvalue weighted by molar-refractivity contribution is 4.96. The second-order valence-corrected chi connectivity index (χ2v) is 5.99. The van der Waals surface area contributed by atoms with Gasteiger partial charge in [-0.2, -0.15) is 0 Å². The first kappa shape index (κ1) is 13.1. The predicted molar refractivity (Wildman–Crippen MR) is 74.5 cm³/mol. The van der Waals surface area contributed by atoms with Gasteiger partial charge >= 0.3 is 0 Å². The van der Waals surface area contributed by atoms with Gasteiger partial charge in [-0.15, -0.1) is 5.10 Å². The summed E-state index contributed by atoms with van der Waals surface area (Å²) >= 11 is 0. The average Bonchev–Trinajstić information content (AvgIpc) is 3.11. The molecule has 3 rings (SSSR count). The average molecular weight is 263 g/mol. The summed E-state index contributed by atoms with van der Waals surface area (Å²) in [5.74, 6) is 0.932. The maximum Gasteiger partial charge on any atom is 0.0967 e. The smallest absolute Gasteiger partial charge is 0.0967 e. The molecule has 1 aromatic rings. The third-order valence-electron chi connectivity index (χ3n) is 4.67. The second-order valence-electron chi connectivity index (χ2n) is 5.99. The van der Waals surface area contributed by atoms with Crippen molar-refractivity contribution < 1.29 is 0 Å². The van der Waals surface area contributed by atoms with Crippen molar-refractivity contribution in [1.82, 2.24) is 19.9 Å². The van der Waals surface area contributed by atoms with Gasteiger partial charge in [0.25, 0.3) is 0 Å². The van der Waals surface area contributed by atoms with Gasteiger partial charge in [-0.05, 0) is 38.1 Å². The number of nitrogens with zero attached hydrogens (tertiary/aromatic N) is 4. The van der Waals surface area contributed by atoms with Crippen LogP contribution in [0.15, 0.2) is 6.20 Å². The molecule has 2 aliphatic rings. The van der Waals surface area contributed by atoms with Gasteiger partial charge in [0, 0.05) is 25.3 Å². The van der Waals surface area contributed by atoms with E-state index in [0.717, 1.165) is 30.7 Å². The molecule has 2 N–H and O–H groups in total. The topological polar surface area (TPSA) is 60.0 Å². The molecule has 0 aromatic carbocycles. The highest BCUT2D eigenvalue weighted by Crippen LogP contribution is 2.35. The van der Waals surface area contributed by atoms with Crippen LogP contribution in [0.25, 0.3) is 0 Å². The van der Waals surface area contributed by atoms with Gasteiger partial charge in [0.05, 0.1) is 12.2 Å². The molecular formula is C14H25N5. The summed E-state index contributed by atoms with van der Waals surface area (Å²) in [6.07, 6.45) is 10.5.